The maximum absolute atomic E-state index is 13.4. The van der Waals surface area contributed by atoms with Gasteiger partial charge < -0.3 is 10.0 Å². The van der Waals surface area contributed by atoms with E-state index in [2.05, 4.69) is 9.97 Å². The van der Waals surface area contributed by atoms with Gasteiger partial charge in [0.15, 0.2) is 0 Å². The molecule has 0 saturated heterocycles. The van der Waals surface area contributed by atoms with Crippen LogP contribution in [0.1, 0.15) is 10.4 Å². The van der Waals surface area contributed by atoms with Crippen LogP contribution in [0.4, 0.5) is 10.3 Å². The van der Waals surface area contributed by atoms with Gasteiger partial charge in [0.2, 0.25) is 5.95 Å². The van der Waals surface area contributed by atoms with Gasteiger partial charge in [0.1, 0.15) is 12.1 Å². The van der Waals surface area contributed by atoms with Gasteiger partial charge >= 0.3 is 5.69 Å². The van der Waals surface area contributed by atoms with Gasteiger partial charge in [-0.05, 0) is 35.4 Å². The van der Waals surface area contributed by atoms with Gasteiger partial charge in [0.25, 0.3) is 0 Å². The largest absolute Gasteiger partial charge is 0.387 e. The molecule has 1 N–H and O–H groups in total. The van der Waals surface area contributed by atoms with Crippen molar-refractivity contribution < 1.29 is 9.50 Å². The lowest BCUT2D eigenvalue weighted by atomic mass is 9.97. The van der Waals surface area contributed by atoms with Crippen molar-refractivity contribution in [2.45, 2.75) is 12.6 Å². The van der Waals surface area contributed by atoms with Crippen molar-refractivity contribution in [1.29, 1.82) is 0 Å². The molecule has 2 aromatic heterocycles. The van der Waals surface area contributed by atoms with Gasteiger partial charge in [-0.1, -0.05) is 35.3 Å². The van der Waals surface area contributed by atoms with Crippen molar-refractivity contribution in [3.8, 4) is 0 Å². The molecule has 29 heavy (non-hydrogen) atoms. The Kier molecular flexibility index (Phi) is 5.69. The number of aliphatic hydroxyl groups excluding tert-OH is 1. The van der Waals surface area contributed by atoms with Crippen LogP contribution >= 0.6 is 34.5 Å². The average molecular weight is 453 g/mol. The lowest BCUT2D eigenvalue weighted by Gasteiger charge is -2.30. The number of nitrogens with zero attached hydrogens (tertiary/aromatic N) is 4. The van der Waals surface area contributed by atoms with Crippen molar-refractivity contribution in [2.75, 3.05) is 18.0 Å². The summed E-state index contributed by atoms with van der Waals surface area (Å²) in [4.78, 5) is 23.3. The van der Waals surface area contributed by atoms with Gasteiger partial charge in [0, 0.05) is 11.4 Å². The first kappa shape index (κ1) is 20.0. The molecule has 0 radical (unpaired) electrons. The van der Waals surface area contributed by atoms with Gasteiger partial charge in [-0.3, -0.25) is 4.57 Å². The molecule has 4 rings (SSSR count). The summed E-state index contributed by atoms with van der Waals surface area (Å²) < 4.78 is 15.4. The zero-order valence-electron chi connectivity index (χ0n) is 14.9. The fraction of sp³-hybridized carbons (Fsp3) is 0.211. The number of halogens is 3. The van der Waals surface area contributed by atoms with Crippen LogP contribution in [0.5, 0.6) is 0 Å². The minimum atomic E-state index is -0.857. The smallest absolute Gasteiger partial charge is 0.352 e. The molecule has 1 atom stereocenters. The number of β-amino-alcohol motifs (C(OH)–C–C–N with tert-alkyl or cyclic N) is 1. The quantitative estimate of drug-likeness (QED) is 0.656. The molecule has 0 aliphatic carbocycles. The zero-order chi connectivity index (χ0) is 20.5. The van der Waals surface area contributed by atoms with Gasteiger partial charge in [0.05, 0.1) is 28.6 Å². The van der Waals surface area contributed by atoms with Crippen LogP contribution in [0.25, 0.3) is 5.57 Å². The number of benzene rings is 1. The summed E-state index contributed by atoms with van der Waals surface area (Å²) >= 11 is 13.1. The second-order valence-electron chi connectivity index (χ2n) is 6.48. The van der Waals surface area contributed by atoms with Crippen LogP contribution < -0.4 is 10.6 Å². The number of anilines is 1. The third kappa shape index (κ3) is 4.35. The molecule has 1 aromatic carbocycles. The molecule has 150 valence electrons. The van der Waals surface area contributed by atoms with Crippen LogP contribution in [0.3, 0.4) is 0 Å². The second kappa shape index (κ2) is 8.23. The molecular weight excluding hydrogens is 438 g/mol. The highest BCUT2D eigenvalue weighted by molar-refractivity contribution is 7.16. The van der Waals surface area contributed by atoms with Crippen LogP contribution in [0.15, 0.2) is 47.5 Å². The van der Waals surface area contributed by atoms with Crippen LogP contribution in [-0.4, -0.2) is 38.8 Å². The van der Waals surface area contributed by atoms with E-state index in [0.717, 1.165) is 4.88 Å². The van der Waals surface area contributed by atoms with E-state index in [9.17, 15) is 14.3 Å². The van der Waals surface area contributed by atoms with Gasteiger partial charge in [-0.25, -0.2) is 14.2 Å². The van der Waals surface area contributed by atoms with Crippen molar-refractivity contribution in [3.05, 3.63) is 78.8 Å². The summed E-state index contributed by atoms with van der Waals surface area (Å²) in [6, 6.07) is 7.94. The van der Waals surface area contributed by atoms with Gasteiger partial charge in [-0.2, -0.15) is 4.98 Å². The minimum Gasteiger partial charge on any atom is -0.387 e. The van der Waals surface area contributed by atoms with E-state index in [-0.39, 0.29) is 17.5 Å². The highest BCUT2D eigenvalue weighted by Crippen LogP contribution is 2.27. The topological polar surface area (TPSA) is 71.2 Å². The maximum atomic E-state index is 13.4. The number of aromatic nitrogens is 3. The van der Waals surface area contributed by atoms with E-state index < -0.39 is 17.6 Å². The van der Waals surface area contributed by atoms with E-state index in [4.69, 9.17) is 23.2 Å². The SMILES string of the molecule is O=c1nc(N2CC=C(c3ccc(F)c(Cl)c3)C(O)C2)ncn1Cc1ccc(Cl)s1. The molecule has 1 aliphatic heterocycles. The first-order valence-electron chi connectivity index (χ1n) is 8.67. The number of aliphatic hydroxyl groups is 1. The molecule has 0 bridgehead atoms. The number of rotatable bonds is 4. The van der Waals surface area contributed by atoms with E-state index >= 15 is 0 Å². The fourth-order valence-corrected chi connectivity index (χ4v) is 4.36. The predicted molar refractivity (Wildman–Crippen MR) is 112 cm³/mol. The first-order valence-corrected chi connectivity index (χ1v) is 10.2. The zero-order valence-corrected chi connectivity index (χ0v) is 17.3. The summed E-state index contributed by atoms with van der Waals surface area (Å²) in [5.41, 5.74) is 0.856. The standard InChI is InChI=1S/C19H15Cl2FN4O2S/c20-14-7-11(1-3-15(14)22)13-5-6-25(9-16(13)27)18-23-10-26(19(28)24-18)8-12-2-4-17(21)29-12/h1-5,7,10,16,27H,6,8-9H2. The Labute approximate surface area is 179 Å². The normalized spacial score (nSPS) is 16.8. The van der Waals surface area contributed by atoms with Crippen LogP contribution in [0, 0.1) is 5.82 Å². The second-order valence-corrected chi connectivity index (χ2v) is 8.69. The van der Waals surface area contributed by atoms with Crippen LogP contribution in [-0.2, 0) is 6.54 Å². The average Bonchev–Trinajstić information content (AvgIpc) is 3.10. The molecule has 0 spiro atoms. The Hall–Kier alpha value is -2.26. The fourth-order valence-electron chi connectivity index (χ4n) is 3.09. The van der Waals surface area contributed by atoms with Crippen molar-refractivity contribution >= 4 is 46.1 Å². The molecule has 1 unspecified atom stereocenters. The van der Waals surface area contributed by atoms with Crippen LogP contribution in [0.2, 0.25) is 9.36 Å². The molecule has 1 aliphatic rings. The molecule has 3 aromatic rings. The van der Waals surface area contributed by atoms with E-state index in [1.807, 2.05) is 6.07 Å². The first-order chi connectivity index (χ1) is 13.9. The number of hydrogen-bond donors (Lipinski definition) is 1. The lowest BCUT2D eigenvalue weighted by molar-refractivity contribution is 0.233. The minimum absolute atomic E-state index is 0.00278. The third-order valence-corrected chi connectivity index (χ3v) is 6.03. The summed E-state index contributed by atoms with van der Waals surface area (Å²) in [6.07, 6.45) is 2.37. The van der Waals surface area contributed by atoms with E-state index in [0.29, 0.717) is 28.6 Å². The molecule has 10 heteroatoms. The highest BCUT2D eigenvalue weighted by atomic mass is 35.5. The Morgan fingerprint density at radius 3 is 2.76 bits per heavy atom. The summed E-state index contributed by atoms with van der Waals surface area (Å²) in [5.74, 6) is -0.274. The summed E-state index contributed by atoms with van der Waals surface area (Å²) in [6.45, 7) is 0.935. The molecule has 3 heterocycles. The predicted octanol–water partition coefficient (Wildman–Crippen LogP) is 3.46. The summed E-state index contributed by atoms with van der Waals surface area (Å²) in [5, 5.41) is 10.5. The van der Waals surface area contributed by atoms with Gasteiger partial charge in [-0.15, -0.1) is 11.3 Å². The van der Waals surface area contributed by atoms with E-state index in [1.54, 1.807) is 23.1 Å². The molecular formula is C19H15Cl2FN4O2S. The Balaban J connectivity index is 1.52. The molecule has 0 saturated carbocycles. The maximum Gasteiger partial charge on any atom is 0.352 e. The van der Waals surface area contributed by atoms with Crippen molar-refractivity contribution in [2.24, 2.45) is 0 Å². The molecule has 6 nitrogen and oxygen atoms in total. The number of thiophene rings is 1. The Morgan fingerprint density at radius 1 is 1.28 bits per heavy atom. The van der Waals surface area contributed by atoms with Crippen molar-refractivity contribution in [1.82, 2.24) is 14.5 Å². The molecule has 0 amide bonds. The lowest BCUT2D eigenvalue weighted by Crippen LogP contribution is -2.40. The highest BCUT2D eigenvalue weighted by Gasteiger charge is 2.24. The monoisotopic (exact) mass is 452 g/mol. The third-order valence-electron chi connectivity index (χ3n) is 4.53. The summed E-state index contributed by atoms with van der Waals surface area (Å²) in [7, 11) is 0. The molecule has 0 fully saturated rings. The Morgan fingerprint density at radius 2 is 2.10 bits per heavy atom. The number of hydrogen-bond acceptors (Lipinski definition) is 6. The van der Waals surface area contributed by atoms with Crippen molar-refractivity contribution in [3.63, 3.8) is 0 Å². The Bertz CT molecular complexity index is 1150. The van der Waals surface area contributed by atoms with E-state index in [1.165, 1.54) is 34.4 Å².